The van der Waals surface area contributed by atoms with Crippen LogP contribution in [0.15, 0.2) is 59.3 Å². The Morgan fingerprint density at radius 3 is 2.76 bits per heavy atom. The first-order valence-electron chi connectivity index (χ1n) is 8.48. The molecule has 0 aliphatic heterocycles. The Morgan fingerprint density at radius 1 is 1.17 bits per heavy atom. The highest BCUT2D eigenvalue weighted by molar-refractivity contribution is 6.34. The molecule has 0 saturated carbocycles. The third-order valence-electron chi connectivity index (χ3n) is 4.17. The lowest BCUT2D eigenvalue weighted by Crippen LogP contribution is -2.12. The predicted octanol–water partition coefficient (Wildman–Crippen LogP) is 5.01. The molecule has 2 aromatic carbocycles. The number of fused-ring (bicyclic) bond motifs is 1. The number of halogens is 1. The maximum Gasteiger partial charge on any atom is 0.270 e. The average molecular weight is 409 g/mol. The van der Waals surface area contributed by atoms with Gasteiger partial charge in [-0.05, 0) is 42.8 Å². The van der Waals surface area contributed by atoms with Crippen molar-refractivity contribution in [3.8, 4) is 11.5 Å². The fourth-order valence-electron chi connectivity index (χ4n) is 2.80. The molecule has 0 saturated heterocycles. The van der Waals surface area contributed by atoms with Gasteiger partial charge in [0, 0.05) is 30.2 Å². The van der Waals surface area contributed by atoms with Gasteiger partial charge < -0.3 is 9.73 Å². The first-order chi connectivity index (χ1) is 13.9. The molecule has 0 aliphatic carbocycles. The van der Waals surface area contributed by atoms with Crippen molar-refractivity contribution in [1.29, 1.82) is 0 Å². The zero-order valence-corrected chi connectivity index (χ0v) is 15.8. The van der Waals surface area contributed by atoms with E-state index in [1.165, 1.54) is 12.1 Å². The van der Waals surface area contributed by atoms with Gasteiger partial charge in [-0.2, -0.15) is 0 Å². The normalized spacial score (nSPS) is 10.8. The molecule has 0 radical (unpaired) electrons. The minimum Gasteiger partial charge on any atom is -0.436 e. The highest BCUT2D eigenvalue weighted by Crippen LogP contribution is 2.27. The molecular formula is C20H13ClN4O4. The number of oxazole rings is 1. The Balaban J connectivity index is 1.63. The van der Waals surface area contributed by atoms with Crippen LogP contribution in [0.3, 0.4) is 0 Å². The van der Waals surface area contributed by atoms with Crippen LogP contribution in [-0.2, 0) is 0 Å². The summed E-state index contributed by atoms with van der Waals surface area (Å²) in [6.45, 7) is 1.92. The summed E-state index contributed by atoms with van der Waals surface area (Å²) in [6.07, 6.45) is 3.39. The number of nitrogens with zero attached hydrogens (tertiary/aromatic N) is 3. The maximum absolute atomic E-state index is 12.5. The van der Waals surface area contributed by atoms with Crippen LogP contribution < -0.4 is 5.32 Å². The highest BCUT2D eigenvalue weighted by Gasteiger charge is 2.17. The third kappa shape index (κ3) is 3.78. The number of carbonyl (C=O) groups is 1. The minimum atomic E-state index is -0.587. The summed E-state index contributed by atoms with van der Waals surface area (Å²) < 4.78 is 5.76. The zero-order valence-electron chi connectivity index (χ0n) is 15.0. The molecule has 0 aliphatic rings. The predicted molar refractivity (Wildman–Crippen MR) is 108 cm³/mol. The molecule has 2 aromatic heterocycles. The van der Waals surface area contributed by atoms with Crippen molar-refractivity contribution >= 4 is 40.0 Å². The summed E-state index contributed by atoms with van der Waals surface area (Å²) in [6, 6.07) is 10.6. The number of benzene rings is 2. The number of nitro benzene ring substituents is 1. The number of nitrogens with one attached hydrogen (secondary N) is 1. The number of hydrogen-bond donors (Lipinski definition) is 1. The topological polar surface area (TPSA) is 111 Å². The smallest absolute Gasteiger partial charge is 0.270 e. The maximum atomic E-state index is 12.5. The lowest BCUT2D eigenvalue weighted by molar-refractivity contribution is -0.384. The first-order valence-corrected chi connectivity index (χ1v) is 8.86. The summed E-state index contributed by atoms with van der Waals surface area (Å²) in [5.74, 6) is -0.147. The van der Waals surface area contributed by atoms with Crippen LogP contribution in [0.25, 0.3) is 22.6 Å². The Labute approximate surface area is 169 Å². The van der Waals surface area contributed by atoms with E-state index in [4.69, 9.17) is 16.0 Å². The minimum absolute atomic E-state index is 0.00707. The summed E-state index contributed by atoms with van der Waals surface area (Å²) in [7, 11) is 0. The fourth-order valence-corrected chi connectivity index (χ4v) is 3.00. The number of anilines is 1. The van der Waals surface area contributed by atoms with Crippen molar-refractivity contribution < 1.29 is 14.1 Å². The lowest BCUT2D eigenvalue weighted by atomic mass is 10.2. The Hall–Kier alpha value is -3.78. The molecule has 0 atom stereocenters. The third-order valence-corrected chi connectivity index (χ3v) is 4.50. The standard InChI is InChI=1S/C20H13ClN4O4/c1-11-6-12(10-22-9-11)20-24-17-7-13(2-5-18(17)29-20)23-19(26)15-8-14(25(27)28)3-4-16(15)21/h2-10H,1H3,(H,23,26). The number of rotatable bonds is 4. The van der Waals surface area contributed by atoms with Crippen LogP contribution >= 0.6 is 11.6 Å². The van der Waals surface area contributed by atoms with Crippen LogP contribution in [0, 0.1) is 17.0 Å². The van der Waals surface area contributed by atoms with E-state index in [1.807, 2.05) is 13.0 Å². The van der Waals surface area contributed by atoms with Crippen LogP contribution in [0.4, 0.5) is 11.4 Å². The molecule has 144 valence electrons. The summed E-state index contributed by atoms with van der Waals surface area (Å²) >= 11 is 6.02. The van der Waals surface area contributed by atoms with Crippen LogP contribution in [0.1, 0.15) is 15.9 Å². The van der Waals surface area contributed by atoms with Gasteiger partial charge in [-0.3, -0.25) is 19.9 Å². The number of hydrogen-bond acceptors (Lipinski definition) is 6. The summed E-state index contributed by atoms with van der Waals surface area (Å²) in [4.78, 5) is 31.5. The van der Waals surface area contributed by atoms with E-state index in [0.717, 1.165) is 17.2 Å². The summed E-state index contributed by atoms with van der Waals surface area (Å²) in [5, 5.41) is 13.7. The molecule has 0 fully saturated rings. The molecule has 1 amide bonds. The molecule has 2 heterocycles. The van der Waals surface area contributed by atoms with E-state index in [9.17, 15) is 14.9 Å². The van der Waals surface area contributed by atoms with Crippen molar-refractivity contribution in [2.75, 3.05) is 5.32 Å². The van der Waals surface area contributed by atoms with Gasteiger partial charge >= 0.3 is 0 Å². The average Bonchev–Trinajstić information content (AvgIpc) is 3.11. The quantitative estimate of drug-likeness (QED) is 0.375. The van der Waals surface area contributed by atoms with Crippen molar-refractivity contribution in [3.63, 3.8) is 0 Å². The number of amides is 1. The SMILES string of the molecule is Cc1cncc(-c2nc3cc(NC(=O)c4cc([N+](=O)[O-])ccc4Cl)ccc3o2)c1. The molecule has 0 unspecified atom stereocenters. The number of aromatic nitrogens is 2. The van der Waals surface area contributed by atoms with Crippen molar-refractivity contribution in [2.24, 2.45) is 0 Å². The number of carbonyl (C=O) groups excluding carboxylic acids is 1. The van der Waals surface area contributed by atoms with Gasteiger partial charge in [-0.25, -0.2) is 4.98 Å². The van der Waals surface area contributed by atoms with Gasteiger partial charge in [-0.15, -0.1) is 0 Å². The molecule has 9 heteroatoms. The van der Waals surface area contributed by atoms with Gasteiger partial charge in [0.05, 0.1) is 21.1 Å². The van der Waals surface area contributed by atoms with Crippen LogP contribution in [0.2, 0.25) is 5.02 Å². The number of nitro groups is 1. The second kappa shape index (κ2) is 7.33. The number of non-ortho nitro benzene ring substituents is 1. The Kier molecular flexibility index (Phi) is 4.69. The number of pyridine rings is 1. The highest BCUT2D eigenvalue weighted by atomic mass is 35.5. The van der Waals surface area contributed by atoms with Crippen LogP contribution in [-0.4, -0.2) is 20.8 Å². The van der Waals surface area contributed by atoms with Gasteiger partial charge in [0.2, 0.25) is 5.89 Å². The Bertz CT molecular complexity index is 1270. The molecule has 4 rings (SSSR count). The van der Waals surface area contributed by atoms with E-state index >= 15 is 0 Å². The van der Waals surface area contributed by atoms with E-state index in [-0.39, 0.29) is 16.3 Å². The number of aryl methyl sites for hydroxylation is 1. The van der Waals surface area contributed by atoms with E-state index < -0.39 is 10.8 Å². The second-order valence-corrected chi connectivity index (χ2v) is 6.74. The van der Waals surface area contributed by atoms with Gasteiger partial charge in [0.1, 0.15) is 5.52 Å². The van der Waals surface area contributed by atoms with Crippen molar-refractivity contribution in [3.05, 3.63) is 81.1 Å². The van der Waals surface area contributed by atoms with E-state index in [0.29, 0.717) is 22.7 Å². The first kappa shape index (κ1) is 18.6. The van der Waals surface area contributed by atoms with Gasteiger partial charge in [-0.1, -0.05) is 11.6 Å². The van der Waals surface area contributed by atoms with Crippen molar-refractivity contribution in [1.82, 2.24) is 9.97 Å². The van der Waals surface area contributed by atoms with Gasteiger partial charge in [0.25, 0.3) is 11.6 Å². The molecule has 1 N–H and O–H groups in total. The fraction of sp³-hybridized carbons (Fsp3) is 0.0500. The van der Waals surface area contributed by atoms with Crippen LogP contribution in [0.5, 0.6) is 0 Å². The van der Waals surface area contributed by atoms with Crippen molar-refractivity contribution in [2.45, 2.75) is 6.92 Å². The van der Waals surface area contributed by atoms with E-state index in [1.54, 1.807) is 30.6 Å². The Morgan fingerprint density at radius 2 is 2.00 bits per heavy atom. The molecule has 8 nitrogen and oxygen atoms in total. The largest absolute Gasteiger partial charge is 0.436 e. The monoisotopic (exact) mass is 408 g/mol. The zero-order chi connectivity index (χ0) is 20.5. The second-order valence-electron chi connectivity index (χ2n) is 6.33. The lowest BCUT2D eigenvalue weighted by Gasteiger charge is -2.06. The molecule has 0 spiro atoms. The van der Waals surface area contributed by atoms with Gasteiger partial charge in [0.15, 0.2) is 5.58 Å². The molecule has 29 heavy (non-hydrogen) atoms. The molecular weight excluding hydrogens is 396 g/mol. The molecule has 4 aromatic rings. The van der Waals surface area contributed by atoms with E-state index in [2.05, 4.69) is 15.3 Å². The molecule has 0 bridgehead atoms. The summed E-state index contributed by atoms with van der Waals surface area (Å²) in [5.41, 5.74) is 3.06.